The summed E-state index contributed by atoms with van der Waals surface area (Å²) in [5.74, 6) is -4.07. The number of fused-ring (bicyclic) bond motifs is 2. The van der Waals surface area contributed by atoms with Gasteiger partial charge in [0.25, 0.3) is 0 Å². The topological polar surface area (TPSA) is 114 Å². The first kappa shape index (κ1) is 23.3. The molecular formula is C22H29F2N3O4. The van der Waals surface area contributed by atoms with Crippen molar-refractivity contribution < 1.29 is 28.2 Å². The summed E-state index contributed by atoms with van der Waals surface area (Å²) in [6.45, 7) is 0.542. The average Bonchev–Trinajstić information content (AvgIpc) is 3.14. The highest BCUT2D eigenvalue weighted by Gasteiger charge is 2.31. The van der Waals surface area contributed by atoms with E-state index in [-0.39, 0.29) is 37.1 Å². The number of nitrogens with two attached hydrogens (primary N) is 1. The van der Waals surface area contributed by atoms with Crippen LogP contribution in [0.25, 0.3) is 0 Å². The Morgan fingerprint density at radius 1 is 1.19 bits per heavy atom. The molecule has 0 aromatic heterocycles. The monoisotopic (exact) mass is 437 g/mol. The van der Waals surface area contributed by atoms with Gasteiger partial charge in [-0.2, -0.15) is 0 Å². The lowest BCUT2D eigenvalue weighted by Crippen LogP contribution is -2.52. The smallest absolute Gasteiger partial charge is 0.233 e. The first-order chi connectivity index (χ1) is 14.8. The Labute approximate surface area is 180 Å². The van der Waals surface area contributed by atoms with Gasteiger partial charge in [0.1, 0.15) is 17.6 Å². The second-order valence-electron chi connectivity index (χ2n) is 8.20. The molecule has 1 heterocycles. The molecule has 2 bridgehead atoms. The number of amides is 2. The molecule has 7 nitrogen and oxygen atoms in total. The fraction of sp³-hybridized carbons (Fsp3) is 0.545. The molecule has 2 aliphatic rings. The molecule has 0 radical (unpaired) electrons. The second kappa shape index (κ2) is 10.8. The van der Waals surface area contributed by atoms with Crippen molar-refractivity contribution in [2.75, 3.05) is 13.2 Å². The zero-order valence-electron chi connectivity index (χ0n) is 17.2. The molecule has 9 heteroatoms. The highest BCUT2D eigenvalue weighted by Crippen LogP contribution is 2.22. The van der Waals surface area contributed by atoms with E-state index in [1.807, 2.05) is 0 Å². The molecule has 170 valence electrons. The first-order valence-corrected chi connectivity index (χ1v) is 10.5. The summed E-state index contributed by atoms with van der Waals surface area (Å²) in [4.78, 5) is 24.6. The molecule has 3 rings (SSSR count). The van der Waals surface area contributed by atoms with Crippen LogP contribution in [-0.4, -0.2) is 54.4 Å². The Kier molecular flexibility index (Phi) is 8.11. The number of benzene rings is 1. The first-order valence-electron chi connectivity index (χ1n) is 10.5. The SMILES string of the molecule is NC(=O)[C@@H]1CC=CCO[C@@H]2CC[C@@H](C2)NC[C@@H](O)[C@H](Cc2cc(F)cc(F)c2)NC1=O. The van der Waals surface area contributed by atoms with E-state index in [2.05, 4.69) is 10.6 Å². The zero-order chi connectivity index (χ0) is 22.4. The summed E-state index contributed by atoms with van der Waals surface area (Å²) < 4.78 is 33.1. The molecule has 5 atom stereocenters. The maximum Gasteiger partial charge on any atom is 0.233 e. The molecule has 1 saturated carbocycles. The minimum Gasteiger partial charge on any atom is -0.390 e. The van der Waals surface area contributed by atoms with Crippen molar-refractivity contribution in [3.8, 4) is 0 Å². The molecule has 31 heavy (non-hydrogen) atoms. The van der Waals surface area contributed by atoms with Crippen LogP contribution in [0.5, 0.6) is 0 Å². The number of primary amides is 1. The van der Waals surface area contributed by atoms with Gasteiger partial charge in [-0.1, -0.05) is 12.2 Å². The molecule has 1 aromatic rings. The maximum atomic E-state index is 13.6. The molecule has 1 aliphatic carbocycles. The Balaban J connectivity index is 1.81. The van der Waals surface area contributed by atoms with Crippen molar-refractivity contribution in [2.24, 2.45) is 11.7 Å². The Morgan fingerprint density at radius 2 is 1.94 bits per heavy atom. The van der Waals surface area contributed by atoms with Gasteiger partial charge in [-0.05, 0) is 49.8 Å². The number of ether oxygens (including phenoxy) is 1. The number of hydrogen-bond donors (Lipinski definition) is 4. The van der Waals surface area contributed by atoms with Crippen molar-refractivity contribution in [1.82, 2.24) is 10.6 Å². The van der Waals surface area contributed by atoms with Crippen molar-refractivity contribution in [1.29, 1.82) is 0 Å². The largest absolute Gasteiger partial charge is 0.390 e. The van der Waals surface area contributed by atoms with E-state index in [0.29, 0.717) is 6.61 Å². The van der Waals surface area contributed by atoms with E-state index in [0.717, 1.165) is 37.5 Å². The van der Waals surface area contributed by atoms with Crippen LogP contribution >= 0.6 is 0 Å². The number of allylic oxidation sites excluding steroid dienone is 1. The molecule has 5 N–H and O–H groups in total. The van der Waals surface area contributed by atoms with Crippen LogP contribution in [0.3, 0.4) is 0 Å². The maximum absolute atomic E-state index is 13.6. The molecule has 2 amide bonds. The van der Waals surface area contributed by atoms with Crippen LogP contribution in [-0.2, 0) is 20.7 Å². The Morgan fingerprint density at radius 3 is 2.65 bits per heavy atom. The second-order valence-corrected chi connectivity index (χ2v) is 8.20. The van der Waals surface area contributed by atoms with E-state index < -0.39 is 41.5 Å². The zero-order valence-corrected chi connectivity index (χ0v) is 17.2. The Bertz CT molecular complexity index is 800. The highest BCUT2D eigenvalue weighted by molar-refractivity contribution is 5.99. The third-order valence-corrected chi connectivity index (χ3v) is 5.80. The van der Waals surface area contributed by atoms with Gasteiger partial charge in [0.15, 0.2) is 0 Å². The molecule has 1 fully saturated rings. The van der Waals surface area contributed by atoms with E-state index in [1.54, 1.807) is 12.2 Å². The van der Waals surface area contributed by atoms with Gasteiger partial charge in [0.05, 0.1) is 24.9 Å². The molecule has 0 spiro atoms. The summed E-state index contributed by atoms with van der Waals surface area (Å²) in [6.07, 6.45) is 5.15. The van der Waals surface area contributed by atoms with Gasteiger partial charge in [-0.25, -0.2) is 8.78 Å². The van der Waals surface area contributed by atoms with E-state index >= 15 is 0 Å². The fourth-order valence-corrected chi connectivity index (χ4v) is 4.10. The van der Waals surface area contributed by atoms with E-state index in [1.165, 1.54) is 0 Å². The molecule has 1 aromatic carbocycles. The minimum atomic E-state index is -1.13. The lowest BCUT2D eigenvalue weighted by molar-refractivity contribution is -0.134. The van der Waals surface area contributed by atoms with Gasteiger partial charge < -0.3 is 26.2 Å². The highest BCUT2D eigenvalue weighted by atomic mass is 19.1. The van der Waals surface area contributed by atoms with E-state index in [4.69, 9.17) is 10.5 Å². The number of hydrogen-bond acceptors (Lipinski definition) is 5. The van der Waals surface area contributed by atoms with Crippen molar-refractivity contribution >= 4 is 11.8 Å². The summed E-state index contributed by atoms with van der Waals surface area (Å²) in [5, 5.41) is 16.7. The number of nitrogens with one attached hydrogen (secondary N) is 2. The summed E-state index contributed by atoms with van der Waals surface area (Å²) in [6, 6.07) is 2.35. The lowest BCUT2D eigenvalue weighted by atomic mass is 9.97. The molecule has 0 saturated heterocycles. The van der Waals surface area contributed by atoms with Crippen molar-refractivity contribution in [2.45, 2.75) is 56.4 Å². The normalized spacial score (nSPS) is 30.3. The Hall–Kier alpha value is -2.36. The lowest BCUT2D eigenvalue weighted by Gasteiger charge is -2.27. The van der Waals surface area contributed by atoms with Crippen LogP contribution in [0.15, 0.2) is 30.4 Å². The van der Waals surface area contributed by atoms with Crippen LogP contribution in [0.2, 0.25) is 0 Å². The van der Waals surface area contributed by atoms with Gasteiger partial charge in [0, 0.05) is 18.7 Å². The van der Waals surface area contributed by atoms with Gasteiger partial charge in [-0.15, -0.1) is 0 Å². The van der Waals surface area contributed by atoms with Crippen LogP contribution in [0, 0.1) is 17.6 Å². The van der Waals surface area contributed by atoms with Crippen molar-refractivity contribution in [3.05, 3.63) is 47.5 Å². The molecular weight excluding hydrogens is 408 g/mol. The number of carbonyl (C=O) groups is 2. The van der Waals surface area contributed by atoms with Crippen LogP contribution in [0.1, 0.15) is 31.2 Å². The molecule has 1 aliphatic heterocycles. The van der Waals surface area contributed by atoms with E-state index in [9.17, 15) is 23.5 Å². The minimum absolute atomic E-state index is 0.0129. The predicted octanol–water partition coefficient (Wildman–Crippen LogP) is 0.942. The quantitative estimate of drug-likeness (QED) is 0.415. The third kappa shape index (κ3) is 6.81. The molecule has 0 unspecified atom stereocenters. The van der Waals surface area contributed by atoms with Gasteiger partial charge in [-0.3, -0.25) is 9.59 Å². The van der Waals surface area contributed by atoms with Gasteiger partial charge in [0.2, 0.25) is 11.8 Å². The number of aliphatic hydroxyl groups is 1. The number of carbonyl (C=O) groups excluding carboxylic acids is 2. The number of aliphatic hydroxyl groups excluding tert-OH is 1. The standard InChI is InChI=1S/C22H29F2N3O4/c23-14-7-13(8-15(24)10-14)9-19-20(28)12-26-16-4-5-17(11-16)31-6-2-1-3-18(21(25)29)22(30)27-19/h1-2,7-8,10,16-20,26,28H,3-6,9,11-12H2,(H2,25,29)(H,27,30)/t16-,17+,18-,19-,20+/m0/s1. The summed E-state index contributed by atoms with van der Waals surface area (Å²) in [5.41, 5.74) is 5.68. The predicted molar refractivity (Wildman–Crippen MR) is 110 cm³/mol. The number of rotatable bonds is 3. The van der Waals surface area contributed by atoms with Gasteiger partial charge >= 0.3 is 0 Å². The number of β-amino-alcohol motifs (C(OH)–C–C–N with tert-alkyl or cyclic N) is 1. The number of halogens is 2. The third-order valence-electron chi connectivity index (χ3n) is 5.80. The van der Waals surface area contributed by atoms with Crippen LogP contribution in [0.4, 0.5) is 8.78 Å². The summed E-state index contributed by atoms with van der Waals surface area (Å²) >= 11 is 0. The fourth-order valence-electron chi connectivity index (χ4n) is 4.10. The summed E-state index contributed by atoms with van der Waals surface area (Å²) in [7, 11) is 0. The van der Waals surface area contributed by atoms with Crippen LogP contribution < -0.4 is 16.4 Å². The average molecular weight is 437 g/mol. The van der Waals surface area contributed by atoms with Crippen molar-refractivity contribution in [3.63, 3.8) is 0 Å².